The highest BCUT2D eigenvalue weighted by molar-refractivity contribution is 5.83. The van der Waals surface area contributed by atoms with Crippen LogP contribution in [-0.4, -0.2) is 54.0 Å². The molecular weight excluding hydrogens is 238 g/mol. The van der Waals surface area contributed by atoms with E-state index in [4.69, 9.17) is 5.73 Å². The summed E-state index contributed by atoms with van der Waals surface area (Å²) in [4.78, 5) is 16.9. The third-order valence-electron chi connectivity index (χ3n) is 5.11. The molecule has 2 heterocycles. The molecule has 0 unspecified atom stereocenters. The number of nitrogens with two attached hydrogens (primary N) is 1. The van der Waals surface area contributed by atoms with Gasteiger partial charge in [0.25, 0.3) is 0 Å². The van der Waals surface area contributed by atoms with E-state index in [0.717, 1.165) is 38.5 Å². The topological polar surface area (TPSA) is 49.6 Å². The molecule has 0 radical (unpaired) electrons. The SMILES string of the molecule is N[C@H]1C[C@@H](C(=O)N2CCC2)N(CC2CCCCC2)C1. The molecule has 108 valence electrons. The lowest BCUT2D eigenvalue weighted by molar-refractivity contribution is -0.139. The number of hydrogen-bond donors (Lipinski definition) is 1. The van der Waals surface area contributed by atoms with Crippen LogP contribution in [0.15, 0.2) is 0 Å². The summed E-state index contributed by atoms with van der Waals surface area (Å²) < 4.78 is 0. The standard InChI is InChI=1S/C15H27N3O/c16-13-9-14(15(19)17-7-4-8-17)18(11-13)10-12-5-2-1-3-6-12/h12-14H,1-11,16H2/t13-,14-/m0/s1. The zero-order valence-electron chi connectivity index (χ0n) is 11.9. The molecule has 1 amide bonds. The van der Waals surface area contributed by atoms with E-state index >= 15 is 0 Å². The van der Waals surface area contributed by atoms with Crippen LogP contribution in [0.2, 0.25) is 0 Å². The van der Waals surface area contributed by atoms with Gasteiger partial charge in [0.15, 0.2) is 0 Å². The maximum absolute atomic E-state index is 12.5. The van der Waals surface area contributed by atoms with E-state index < -0.39 is 0 Å². The van der Waals surface area contributed by atoms with E-state index in [1.54, 1.807) is 0 Å². The minimum absolute atomic E-state index is 0.0808. The molecule has 4 nitrogen and oxygen atoms in total. The Bertz CT molecular complexity index is 323. The van der Waals surface area contributed by atoms with Crippen molar-refractivity contribution in [3.63, 3.8) is 0 Å². The molecule has 19 heavy (non-hydrogen) atoms. The van der Waals surface area contributed by atoms with Gasteiger partial charge in [0.1, 0.15) is 0 Å². The Morgan fingerprint density at radius 1 is 1.11 bits per heavy atom. The summed E-state index contributed by atoms with van der Waals surface area (Å²) in [6.07, 6.45) is 8.86. The van der Waals surface area contributed by atoms with Crippen molar-refractivity contribution in [2.45, 2.75) is 57.0 Å². The number of likely N-dealkylation sites (tertiary alicyclic amines) is 2. The van der Waals surface area contributed by atoms with Gasteiger partial charge in [-0.15, -0.1) is 0 Å². The van der Waals surface area contributed by atoms with Crippen LogP contribution in [-0.2, 0) is 4.79 Å². The van der Waals surface area contributed by atoms with E-state index in [0.29, 0.717) is 5.91 Å². The smallest absolute Gasteiger partial charge is 0.239 e. The van der Waals surface area contributed by atoms with Crippen LogP contribution >= 0.6 is 0 Å². The fourth-order valence-electron chi connectivity index (χ4n) is 3.85. The van der Waals surface area contributed by atoms with Crippen LogP contribution in [0.3, 0.4) is 0 Å². The Kier molecular flexibility index (Phi) is 4.08. The lowest BCUT2D eigenvalue weighted by Gasteiger charge is -2.37. The zero-order valence-corrected chi connectivity index (χ0v) is 11.9. The second kappa shape index (κ2) is 5.80. The Hall–Kier alpha value is -0.610. The highest BCUT2D eigenvalue weighted by Crippen LogP contribution is 2.28. The van der Waals surface area contributed by atoms with E-state index in [1.807, 2.05) is 4.90 Å². The van der Waals surface area contributed by atoms with Crippen LogP contribution in [0.25, 0.3) is 0 Å². The van der Waals surface area contributed by atoms with Crippen molar-refractivity contribution in [1.29, 1.82) is 0 Å². The highest BCUT2D eigenvalue weighted by Gasteiger charge is 2.39. The van der Waals surface area contributed by atoms with Gasteiger partial charge in [0.05, 0.1) is 6.04 Å². The second-order valence-corrected chi connectivity index (χ2v) is 6.65. The van der Waals surface area contributed by atoms with Gasteiger partial charge in [-0.1, -0.05) is 19.3 Å². The molecule has 3 fully saturated rings. The van der Waals surface area contributed by atoms with E-state index in [-0.39, 0.29) is 12.1 Å². The maximum atomic E-state index is 12.5. The molecule has 4 heteroatoms. The van der Waals surface area contributed by atoms with Crippen molar-refractivity contribution >= 4 is 5.91 Å². The first-order chi connectivity index (χ1) is 9.24. The second-order valence-electron chi connectivity index (χ2n) is 6.65. The number of rotatable bonds is 3. The molecule has 0 bridgehead atoms. The third kappa shape index (κ3) is 2.95. The van der Waals surface area contributed by atoms with Gasteiger partial charge in [-0.3, -0.25) is 9.69 Å². The normalized spacial score (nSPS) is 33.4. The molecular formula is C15H27N3O. The first-order valence-corrected chi connectivity index (χ1v) is 8.02. The molecule has 0 aromatic carbocycles. The predicted molar refractivity (Wildman–Crippen MR) is 75.7 cm³/mol. The molecule has 2 saturated heterocycles. The van der Waals surface area contributed by atoms with Gasteiger partial charge >= 0.3 is 0 Å². The van der Waals surface area contributed by atoms with Crippen LogP contribution in [0.4, 0.5) is 0 Å². The number of amides is 1. The molecule has 2 N–H and O–H groups in total. The number of carbonyl (C=O) groups is 1. The van der Waals surface area contributed by atoms with Crippen molar-refractivity contribution in [2.75, 3.05) is 26.2 Å². The van der Waals surface area contributed by atoms with Gasteiger partial charge in [0, 0.05) is 32.2 Å². The Morgan fingerprint density at radius 3 is 2.47 bits per heavy atom. The van der Waals surface area contributed by atoms with E-state index in [1.165, 1.54) is 38.5 Å². The molecule has 0 aromatic heterocycles. The lowest BCUT2D eigenvalue weighted by Crippen LogP contribution is -2.51. The van der Waals surface area contributed by atoms with Crippen LogP contribution < -0.4 is 5.73 Å². The summed E-state index contributed by atoms with van der Waals surface area (Å²) >= 11 is 0. The van der Waals surface area contributed by atoms with E-state index in [9.17, 15) is 4.79 Å². The third-order valence-corrected chi connectivity index (χ3v) is 5.11. The van der Waals surface area contributed by atoms with Crippen LogP contribution in [0.1, 0.15) is 44.9 Å². The van der Waals surface area contributed by atoms with Crippen LogP contribution in [0.5, 0.6) is 0 Å². The quantitative estimate of drug-likeness (QED) is 0.834. The van der Waals surface area contributed by atoms with E-state index in [2.05, 4.69) is 4.90 Å². The summed E-state index contributed by atoms with van der Waals surface area (Å²) in [5, 5.41) is 0. The lowest BCUT2D eigenvalue weighted by atomic mass is 9.89. The molecule has 3 aliphatic rings. The largest absolute Gasteiger partial charge is 0.341 e. The monoisotopic (exact) mass is 265 g/mol. The summed E-state index contributed by atoms with van der Waals surface area (Å²) in [5.74, 6) is 1.14. The minimum atomic E-state index is 0.0808. The molecule has 1 aliphatic carbocycles. The van der Waals surface area contributed by atoms with Gasteiger partial charge in [-0.2, -0.15) is 0 Å². The average molecular weight is 265 g/mol. The van der Waals surface area contributed by atoms with Crippen LogP contribution in [0, 0.1) is 5.92 Å². The molecule has 3 rings (SSSR count). The fourth-order valence-corrected chi connectivity index (χ4v) is 3.85. The zero-order chi connectivity index (χ0) is 13.2. The van der Waals surface area contributed by atoms with Crippen molar-refractivity contribution in [1.82, 2.24) is 9.80 Å². The highest BCUT2D eigenvalue weighted by atomic mass is 16.2. The summed E-state index contributed by atoms with van der Waals surface area (Å²) in [6, 6.07) is 0.274. The summed E-state index contributed by atoms with van der Waals surface area (Å²) in [5.41, 5.74) is 6.11. The first-order valence-electron chi connectivity index (χ1n) is 8.02. The Labute approximate surface area is 116 Å². The van der Waals surface area contributed by atoms with Gasteiger partial charge in [-0.05, 0) is 31.6 Å². The minimum Gasteiger partial charge on any atom is -0.341 e. The average Bonchev–Trinajstić information content (AvgIpc) is 2.69. The predicted octanol–water partition coefficient (Wildman–Crippen LogP) is 1.20. The Morgan fingerprint density at radius 2 is 1.84 bits per heavy atom. The number of nitrogens with zero attached hydrogens (tertiary/aromatic N) is 2. The molecule has 0 spiro atoms. The fraction of sp³-hybridized carbons (Fsp3) is 0.933. The Balaban J connectivity index is 1.59. The van der Waals surface area contributed by atoms with Crippen molar-refractivity contribution in [3.8, 4) is 0 Å². The van der Waals surface area contributed by atoms with Gasteiger partial charge < -0.3 is 10.6 Å². The van der Waals surface area contributed by atoms with Crippen molar-refractivity contribution in [2.24, 2.45) is 11.7 Å². The molecule has 2 aliphatic heterocycles. The maximum Gasteiger partial charge on any atom is 0.239 e. The number of hydrogen-bond acceptors (Lipinski definition) is 3. The summed E-state index contributed by atoms with van der Waals surface area (Å²) in [6.45, 7) is 3.93. The molecule has 1 saturated carbocycles. The first kappa shape index (κ1) is 13.4. The molecule has 0 aromatic rings. The van der Waals surface area contributed by atoms with Gasteiger partial charge in [0.2, 0.25) is 5.91 Å². The molecule has 2 atom stereocenters. The number of carbonyl (C=O) groups excluding carboxylic acids is 1. The summed E-state index contributed by atoms with van der Waals surface area (Å²) in [7, 11) is 0. The van der Waals surface area contributed by atoms with Crippen molar-refractivity contribution < 1.29 is 4.79 Å². The van der Waals surface area contributed by atoms with Crippen molar-refractivity contribution in [3.05, 3.63) is 0 Å². The van der Waals surface area contributed by atoms with Gasteiger partial charge in [-0.25, -0.2) is 0 Å².